The molecule has 1 aromatic rings. The molecule has 100 valence electrons. The van der Waals surface area contributed by atoms with Crippen molar-refractivity contribution in [1.29, 1.82) is 0 Å². The van der Waals surface area contributed by atoms with Gasteiger partial charge in [-0.2, -0.15) is 0 Å². The Morgan fingerprint density at radius 3 is 2.83 bits per heavy atom. The maximum Gasteiger partial charge on any atom is 0.122 e. The Kier molecular flexibility index (Phi) is 4.84. The number of benzene rings is 1. The van der Waals surface area contributed by atoms with Gasteiger partial charge in [-0.25, -0.2) is 0 Å². The molecular formula is C14H22N2O2. The van der Waals surface area contributed by atoms with Crippen LogP contribution < -0.4 is 10.5 Å². The first-order valence-electron chi connectivity index (χ1n) is 6.55. The lowest BCUT2D eigenvalue weighted by atomic mass is 10.2. The quantitative estimate of drug-likeness (QED) is 0.638. The number of rotatable bonds is 5. The standard InChI is InChI=1S/C14H22N2O2/c1-12-11-13(15)3-4-14(12)18-8-2-5-16-6-9-17-10-7-16/h3-4,11H,2,5-10,15H2,1H3. The van der Waals surface area contributed by atoms with Crippen molar-refractivity contribution in [1.82, 2.24) is 4.90 Å². The molecule has 2 rings (SSSR count). The average molecular weight is 250 g/mol. The zero-order valence-electron chi connectivity index (χ0n) is 11.0. The third-order valence-electron chi connectivity index (χ3n) is 3.18. The van der Waals surface area contributed by atoms with Gasteiger partial charge in [0.15, 0.2) is 0 Å². The Morgan fingerprint density at radius 1 is 1.33 bits per heavy atom. The topological polar surface area (TPSA) is 47.7 Å². The number of anilines is 1. The van der Waals surface area contributed by atoms with Gasteiger partial charge in [0, 0.05) is 25.3 Å². The van der Waals surface area contributed by atoms with Crippen molar-refractivity contribution in [3.05, 3.63) is 23.8 Å². The van der Waals surface area contributed by atoms with Gasteiger partial charge in [0.25, 0.3) is 0 Å². The monoisotopic (exact) mass is 250 g/mol. The van der Waals surface area contributed by atoms with Crippen LogP contribution in [-0.4, -0.2) is 44.4 Å². The molecule has 2 N–H and O–H groups in total. The van der Waals surface area contributed by atoms with Crippen LogP contribution in [0.1, 0.15) is 12.0 Å². The van der Waals surface area contributed by atoms with E-state index in [-0.39, 0.29) is 0 Å². The second kappa shape index (κ2) is 6.61. The average Bonchev–Trinajstić information content (AvgIpc) is 2.38. The second-order valence-electron chi connectivity index (χ2n) is 4.68. The zero-order chi connectivity index (χ0) is 12.8. The van der Waals surface area contributed by atoms with E-state index in [1.807, 2.05) is 25.1 Å². The van der Waals surface area contributed by atoms with Crippen LogP contribution in [0.2, 0.25) is 0 Å². The minimum absolute atomic E-state index is 0.752. The molecule has 0 atom stereocenters. The summed E-state index contributed by atoms with van der Waals surface area (Å²) >= 11 is 0. The van der Waals surface area contributed by atoms with Crippen molar-refractivity contribution in [2.75, 3.05) is 45.2 Å². The number of nitrogens with two attached hydrogens (primary N) is 1. The summed E-state index contributed by atoms with van der Waals surface area (Å²) in [6.45, 7) is 7.66. The Balaban J connectivity index is 1.68. The van der Waals surface area contributed by atoms with E-state index in [1.54, 1.807) is 0 Å². The third kappa shape index (κ3) is 3.89. The summed E-state index contributed by atoms with van der Waals surface area (Å²) in [7, 11) is 0. The van der Waals surface area contributed by atoms with E-state index in [2.05, 4.69) is 4.90 Å². The first kappa shape index (κ1) is 13.2. The SMILES string of the molecule is Cc1cc(N)ccc1OCCCN1CCOCC1. The lowest BCUT2D eigenvalue weighted by Crippen LogP contribution is -2.37. The first-order chi connectivity index (χ1) is 8.75. The number of morpholine rings is 1. The summed E-state index contributed by atoms with van der Waals surface area (Å²) in [4.78, 5) is 2.42. The number of nitrogen functional groups attached to an aromatic ring is 1. The molecule has 18 heavy (non-hydrogen) atoms. The molecule has 0 radical (unpaired) electrons. The van der Waals surface area contributed by atoms with Gasteiger partial charge in [-0.05, 0) is 37.1 Å². The van der Waals surface area contributed by atoms with Gasteiger partial charge in [-0.1, -0.05) is 0 Å². The van der Waals surface area contributed by atoms with Gasteiger partial charge in [-0.15, -0.1) is 0 Å². The summed E-state index contributed by atoms with van der Waals surface area (Å²) in [6, 6.07) is 5.76. The Bertz CT molecular complexity index is 376. The van der Waals surface area contributed by atoms with Crippen LogP contribution in [-0.2, 0) is 4.74 Å². The third-order valence-corrected chi connectivity index (χ3v) is 3.18. The maximum absolute atomic E-state index is 5.77. The summed E-state index contributed by atoms with van der Waals surface area (Å²) in [5.41, 5.74) is 7.59. The van der Waals surface area contributed by atoms with Gasteiger partial charge in [0.1, 0.15) is 5.75 Å². The van der Waals surface area contributed by atoms with Crippen LogP contribution in [0.4, 0.5) is 5.69 Å². The molecule has 1 aliphatic heterocycles. The van der Waals surface area contributed by atoms with Crippen molar-refractivity contribution >= 4 is 5.69 Å². The van der Waals surface area contributed by atoms with Crippen LogP contribution in [0, 0.1) is 6.92 Å². The molecule has 0 saturated carbocycles. The van der Waals surface area contributed by atoms with Crippen LogP contribution in [0.3, 0.4) is 0 Å². The van der Waals surface area contributed by atoms with Crippen molar-refractivity contribution in [2.24, 2.45) is 0 Å². The van der Waals surface area contributed by atoms with Crippen molar-refractivity contribution in [2.45, 2.75) is 13.3 Å². The number of ether oxygens (including phenoxy) is 2. The molecule has 1 heterocycles. The Labute approximate surface area is 109 Å². The van der Waals surface area contributed by atoms with Crippen molar-refractivity contribution in [3.8, 4) is 5.75 Å². The second-order valence-corrected chi connectivity index (χ2v) is 4.68. The zero-order valence-corrected chi connectivity index (χ0v) is 11.0. The molecule has 0 aromatic heterocycles. The van der Waals surface area contributed by atoms with Crippen molar-refractivity contribution < 1.29 is 9.47 Å². The smallest absolute Gasteiger partial charge is 0.122 e. The predicted octanol–water partition coefficient (Wildman–Crippen LogP) is 1.68. The summed E-state index contributed by atoms with van der Waals surface area (Å²) in [6.07, 6.45) is 1.05. The minimum atomic E-state index is 0.752. The fraction of sp³-hybridized carbons (Fsp3) is 0.571. The van der Waals surface area contributed by atoms with E-state index in [9.17, 15) is 0 Å². The minimum Gasteiger partial charge on any atom is -0.493 e. The van der Waals surface area contributed by atoms with E-state index in [0.29, 0.717) is 0 Å². The largest absolute Gasteiger partial charge is 0.493 e. The predicted molar refractivity (Wildman–Crippen MR) is 73.0 cm³/mol. The number of aryl methyl sites for hydroxylation is 1. The lowest BCUT2D eigenvalue weighted by molar-refractivity contribution is 0.0358. The summed E-state index contributed by atoms with van der Waals surface area (Å²) in [5, 5.41) is 0. The van der Waals surface area contributed by atoms with E-state index >= 15 is 0 Å². The first-order valence-corrected chi connectivity index (χ1v) is 6.55. The van der Waals surface area contributed by atoms with E-state index in [0.717, 1.165) is 62.9 Å². The molecule has 1 saturated heterocycles. The molecule has 0 amide bonds. The highest BCUT2D eigenvalue weighted by atomic mass is 16.5. The van der Waals surface area contributed by atoms with Gasteiger partial charge in [0.05, 0.1) is 19.8 Å². The molecule has 0 aliphatic carbocycles. The Hall–Kier alpha value is -1.26. The normalized spacial score (nSPS) is 16.7. The molecule has 1 aromatic carbocycles. The molecule has 4 heteroatoms. The molecule has 4 nitrogen and oxygen atoms in total. The highest BCUT2D eigenvalue weighted by Gasteiger charge is 2.09. The van der Waals surface area contributed by atoms with E-state index in [1.165, 1.54) is 0 Å². The highest BCUT2D eigenvalue weighted by Crippen LogP contribution is 2.20. The highest BCUT2D eigenvalue weighted by molar-refractivity contribution is 5.47. The van der Waals surface area contributed by atoms with Gasteiger partial charge >= 0.3 is 0 Å². The molecule has 1 aliphatic rings. The van der Waals surface area contributed by atoms with Gasteiger partial charge < -0.3 is 15.2 Å². The summed E-state index contributed by atoms with van der Waals surface area (Å²) in [5.74, 6) is 0.936. The number of nitrogens with zero attached hydrogens (tertiary/aromatic N) is 1. The van der Waals surface area contributed by atoms with Crippen molar-refractivity contribution in [3.63, 3.8) is 0 Å². The maximum atomic E-state index is 5.77. The van der Waals surface area contributed by atoms with Crippen LogP contribution in [0.5, 0.6) is 5.75 Å². The fourth-order valence-electron chi connectivity index (χ4n) is 2.13. The van der Waals surface area contributed by atoms with Crippen LogP contribution in [0.25, 0.3) is 0 Å². The summed E-state index contributed by atoms with van der Waals surface area (Å²) < 4.78 is 11.1. The molecular weight excluding hydrogens is 228 g/mol. The molecule has 1 fully saturated rings. The Morgan fingerprint density at radius 2 is 2.11 bits per heavy atom. The molecule has 0 spiro atoms. The number of hydrogen-bond acceptors (Lipinski definition) is 4. The van der Waals surface area contributed by atoms with Gasteiger partial charge in [-0.3, -0.25) is 4.90 Å². The van der Waals surface area contributed by atoms with E-state index < -0.39 is 0 Å². The fourth-order valence-corrected chi connectivity index (χ4v) is 2.13. The molecule has 0 bridgehead atoms. The number of hydrogen-bond donors (Lipinski definition) is 1. The van der Waals surface area contributed by atoms with Gasteiger partial charge in [0.2, 0.25) is 0 Å². The lowest BCUT2D eigenvalue weighted by Gasteiger charge is -2.26. The van der Waals surface area contributed by atoms with E-state index in [4.69, 9.17) is 15.2 Å². The van der Waals surface area contributed by atoms with Crippen LogP contribution >= 0.6 is 0 Å². The molecule has 0 unspecified atom stereocenters. The van der Waals surface area contributed by atoms with Crippen LogP contribution in [0.15, 0.2) is 18.2 Å².